The molecule has 2 aliphatic rings. The fourth-order valence-electron chi connectivity index (χ4n) is 4.09. The van der Waals surface area contributed by atoms with Gasteiger partial charge in [-0.15, -0.1) is 0 Å². The monoisotopic (exact) mass is 400 g/mol. The van der Waals surface area contributed by atoms with E-state index < -0.39 is 0 Å². The van der Waals surface area contributed by atoms with Crippen LogP contribution in [0.4, 0.5) is 4.39 Å². The molecular weight excluding hydrogens is 375 g/mol. The van der Waals surface area contributed by atoms with E-state index in [0.717, 1.165) is 31.2 Å². The molecule has 1 atom stereocenters. The van der Waals surface area contributed by atoms with Crippen molar-refractivity contribution in [2.24, 2.45) is 5.92 Å². The van der Waals surface area contributed by atoms with Crippen LogP contribution in [-0.4, -0.2) is 33.4 Å². The Bertz CT molecular complexity index is 861. The minimum absolute atomic E-state index is 0.0104. The Hall–Kier alpha value is -2.77. The Balaban J connectivity index is 1.30. The van der Waals surface area contributed by atoms with Crippen molar-refractivity contribution in [2.75, 3.05) is 6.54 Å². The molecule has 2 fully saturated rings. The van der Waals surface area contributed by atoms with Crippen molar-refractivity contribution in [3.05, 3.63) is 47.4 Å². The zero-order valence-electron chi connectivity index (χ0n) is 16.3. The van der Waals surface area contributed by atoms with Gasteiger partial charge in [-0.05, 0) is 30.5 Å². The van der Waals surface area contributed by atoms with E-state index >= 15 is 0 Å². The van der Waals surface area contributed by atoms with Gasteiger partial charge in [0.1, 0.15) is 5.82 Å². The molecule has 7 nitrogen and oxygen atoms in total. The Kier molecular flexibility index (Phi) is 5.87. The molecule has 8 heteroatoms. The van der Waals surface area contributed by atoms with Gasteiger partial charge in [0.15, 0.2) is 5.82 Å². The number of carbonyl (C=O) groups is 2. The standard InChI is InChI=1S/C21H25FN4O3/c22-17-8-6-14(7-9-17)12-26-13-16(10-19(26)27)20-24-18(29-25-20)11-23-21(28)15-4-2-1-3-5-15/h6-9,15-16H,1-5,10-13H2,(H,23,28)/t16-/m0/s1. The summed E-state index contributed by atoms with van der Waals surface area (Å²) in [6.45, 7) is 1.13. The number of halogens is 1. The molecule has 2 heterocycles. The summed E-state index contributed by atoms with van der Waals surface area (Å²) in [6, 6.07) is 6.13. The number of aromatic nitrogens is 2. The molecule has 0 radical (unpaired) electrons. The van der Waals surface area contributed by atoms with Gasteiger partial charge < -0.3 is 14.7 Å². The van der Waals surface area contributed by atoms with Gasteiger partial charge in [-0.3, -0.25) is 9.59 Å². The van der Waals surface area contributed by atoms with E-state index in [1.165, 1.54) is 18.6 Å². The first-order chi connectivity index (χ1) is 14.1. The predicted molar refractivity (Wildman–Crippen MR) is 102 cm³/mol. The van der Waals surface area contributed by atoms with E-state index in [-0.39, 0.29) is 36.0 Å². The molecule has 0 unspecified atom stereocenters. The van der Waals surface area contributed by atoms with Crippen LogP contribution in [0.3, 0.4) is 0 Å². The van der Waals surface area contributed by atoms with E-state index in [2.05, 4.69) is 15.5 Å². The summed E-state index contributed by atoms with van der Waals surface area (Å²) in [5, 5.41) is 6.89. The Morgan fingerprint density at radius 3 is 2.72 bits per heavy atom. The van der Waals surface area contributed by atoms with Crippen LogP contribution in [0.15, 0.2) is 28.8 Å². The summed E-state index contributed by atoms with van der Waals surface area (Å²) in [6.07, 6.45) is 5.60. The van der Waals surface area contributed by atoms with Gasteiger partial charge in [-0.2, -0.15) is 4.98 Å². The van der Waals surface area contributed by atoms with Crippen molar-refractivity contribution in [1.29, 1.82) is 0 Å². The second-order valence-corrected chi connectivity index (χ2v) is 7.90. The number of rotatable bonds is 6. The number of nitrogens with one attached hydrogen (secondary N) is 1. The quantitative estimate of drug-likeness (QED) is 0.805. The van der Waals surface area contributed by atoms with Crippen LogP contribution in [0.2, 0.25) is 0 Å². The number of likely N-dealkylation sites (tertiary alicyclic amines) is 1. The number of amides is 2. The fraction of sp³-hybridized carbons (Fsp3) is 0.524. The van der Waals surface area contributed by atoms with Gasteiger partial charge in [0, 0.05) is 31.3 Å². The van der Waals surface area contributed by atoms with Crippen LogP contribution in [0.25, 0.3) is 0 Å². The van der Waals surface area contributed by atoms with Crippen molar-refractivity contribution in [3.8, 4) is 0 Å². The zero-order valence-corrected chi connectivity index (χ0v) is 16.3. The van der Waals surface area contributed by atoms with Crippen molar-refractivity contribution in [2.45, 2.75) is 57.5 Å². The molecule has 1 N–H and O–H groups in total. The highest BCUT2D eigenvalue weighted by Gasteiger charge is 2.33. The summed E-state index contributed by atoms with van der Waals surface area (Å²) in [4.78, 5) is 30.7. The van der Waals surface area contributed by atoms with Crippen molar-refractivity contribution in [3.63, 3.8) is 0 Å². The lowest BCUT2D eigenvalue weighted by atomic mass is 9.89. The number of hydrogen-bond donors (Lipinski definition) is 1. The normalized spacial score (nSPS) is 20.2. The molecule has 154 valence electrons. The van der Waals surface area contributed by atoms with Gasteiger partial charge in [-0.1, -0.05) is 36.6 Å². The summed E-state index contributed by atoms with van der Waals surface area (Å²) in [7, 11) is 0. The molecule has 2 aromatic rings. The van der Waals surface area contributed by atoms with Gasteiger partial charge in [0.2, 0.25) is 17.7 Å². The van der Waals surface area contributed by atoms with Crippen LogP contribution >= 0.6 is 0 Å². The molecule has 1 aliphatic heterocycles. The first-order valence-corrected chi connectivity index (χ1v) is 10.2. The topological polar surface area (TPSA) is 88.3 Å². The Morgan fingerprint density at radius 2 is 1.97 bits per heavy atom. The van der Waals surface area contributed by atoms with Crippen LogP contribution < -0.4 is 5.32 Å². The van der Waals surface area contributed by atoms with Gasteiger partial charge in [0.05, 0.1) is 6.54 Å². The minimum Gasteiger partial charge on any atom is -0.347 e. The molecule has 0 spiro atoms. The predicted octanol–water partition coefficient (Wildman–Crippen LogP) is 2.92. The molecule has 1 aromatic carbocycles. The largest absolute Gasteiger partial charge is 0.347 e. The van der Waals surface area contributed by atoms with Crippen molar-refractivity contribution >= 4 is 11.8 Å². The molecule has 4 rings (SSSR count). The summed E-state index contributed by atoms with van der Waals surface area (Å²) in [5.41, 5.74) is 0.875. The highest BCUT2D eigenvalue weighted by Crippen LogP contribution is 2.28. The van der Waals surface area contributed by atoms with Crippen LogP contribution in [0.1, 0.15) is 61.7 Å². The summed E-state index contributed by atoms with van der Waals surface area (Å²) in [5.74, 6) is 0.542. The minimum atomic E-state index is -0.297. The number of benzene rings is 1. The summed E-state index contributed by atoms with van der Waals surface area (Å²) < 4.78 is 18.3. The number of nitrogens with zero attached hydrogens (tertiary/aromatic N) is 3. The highest BCUT2D eigenvalue weighted by atomic mass is 19.1. The Labute approximate surface area is 168 Å². The molecule has 1 saturated heterocycles. The van der Waals surface area contributed by atoms with E-state index in [9.17, 15) is 14.0 Å². The molecule has 29 heavy (non-hydrogen) atoms. The van der Waals surface area contributed by atoms with Gasteiger partial charge in [-0.25, -0.2) is 4.39 Å². The second-order valence-electron chi connectivity index (χ2n) is 7.90. The van der Waals surface area contributed by atoms with Crippen molar-refractivity contribution in [1.82, 2.24) is 20.4 Å². The van der Waals surface area contributed by atoms with Crippen LogP contribution in [-0.2, 0) is 22.7 Å². The first-order valence-electron chi connectivity index (χ1n) is 10.2. The van der Waals surface area contributed by atoms with E-state index in [0.29, 0.717) is 31.2 Å². The highest BCUT2D eigenvalue weighted by molar-refractivity contribution is 5.79. The van der Waals surface area contributed by atoms with E-state index in [1.54, 1.807) is 17.0 Å². The first kappa shape index (κ1) is 19.5. The second kappa shape index (κ2) is 8.71. The molecule has 2 amide bonds. The third kappa shape index (κ3) is 4.81. The number of carbonyl (C=O) groups excluding carboxylic acids is 2. The average molecular weight is 400 g/mol. The molecular formula is C21H25FN4O3. The van der Waals surface area contributed by atoms with Gasteiger partial charge in [0.25, 0.3) is 0 Å². The maximum absolute atomic E-state index is 13.0. The lowest BCUT2D eigenvalue weighted by Gasteiger charge is -2.20. The van der Waals surface area contributed by atoms with Gasteiger partial charge >= 0.3 is 0 Å². The molecule has 0 bridgehead atoms. The maximum atomic E-state index is 13.0. The maximum Gasteiger partial charge on any atom is 0.246 e. The average Bonchev–Trinajstić information content (AvgIpc) is 3.35. The number of hydrogen-bond acceptors (Lipinski definition) is 5. The lowest BCUT2D eigenvalue weighted by molar-refractivity contribution is -0.128. The smallest absolute Gasteiger partial charge is 0.246 e. The summed E-state index contributed by atoms with van der Waals surface area (Å²) >= 11 is 0. The van der Waals surface area contributed by atoms with Crippen LogP contribution in [0, 0.1) is 11.7 Å². The Morgan fingerprint density at radius 1 is 1.21 bits per heavy atom. The SMILES string of the molecule is O=C(NCc1nc([C@H]2CC(=O)N(Cc3ccc(F)cc3)C2)no1)C1CCCCC1. The van der Waals surface area contributed by atoms with E-state index in [1.807, 2.05) is 0 Å². The van der Waals surface area contributed by atoms with E-state index in [4.69, 9.17) is 4.52 Å². The lowest BCUT2D eigenvalue weighted by Crippen LogP contribution is -2.31. The third-order valence-corrected chi connectivity index (χ3v) is 5.74. The molecule has 1 saturated carbocycles. The van der Waals surface area contributed by atoms with Crippen molar-refractivity contribution < 1.29 is 18.5 Å². The fourth-order valence-corrected chi connectivity index (χ4v) is 4.09. The van der Waals surface area contributed by atoms with Crippen LogP contribution in [0.5, 0.6) is 0 Å². The third-order valence-electron chi connectivity index (χ3n) is 5.74. The molecule has 1 aromatic heterocycles. The zero-order chi connectivity index (χ0) is 20.2. The molecule has 1 aliphatic carbocycles.